The molecule has 3 rings (SSSR count). The lowest BCUT2D eigenvalue weighted by atomic mass is 9.76. The van der Waals surface area contributed by atoms with Crippen LogP contribution in [0.15, 0.2) is 18.3 Å². The molecule has 106 valence electrons. The highest BCUT2D eigenvalue weighted by Gasteiger charge is 2.34. The second-order valence-corrected chi connectivity index (χ2v) is 7.08. The van der Waals surface area contributed by atoms with Crippen molar-refractivity contribution in [2.75, 3.05) is 7.05 Å². The molecule has 0 fully saturated rings. The molecule has 1 atom stereocenters. The van der Waals surface area contributed by atoms with Crippen molar-refractivity contribution in [2.45, 2.75) is 32.7 Å². The first-order valence-electron chi connectivity index (χ1n) is 6.78. The van der Waals surface area contributed by atoms with Crippen LogP contribution in [0.1, 0.15) is 36.9 Å². The molecule has 0 saturated heterocycles. The summed E-state index contributed by atoms with van der Waals surface area (Å²) in [5.41, 5.74) is 1.67. The zero-order chi connectivity index (χ0) is 14.3. The van der Waals surface area contributed by atoms with Gasteiger partial charge in [0.15, 0.2) is 5.82 Å². The maximum atomic E-state index is 13.9. The molecule has 20 heavy (non-hydrogen) atoms. The van der Waals surface area contributed by atoms with Gasteiger partial charge in [-0.3, -0.25) is 4.98 Å². The van der Waals surface area contributed by atoms with E-state index < -0.39 is 0 Å². The molecule has 0 spiro atoms. The van der Waals surface area contributed by atoms with Crippen LogP contribution in [0.25, 0.3) is 10.7 Å². The Morgan fingerprint density at radius 3 is 2.95 bits per heavy atom. The number of nitrogens with zero attached hydrogens (tertiary/aromatic N) is 2. The summed E-state index contributed by atoms with van der Waals surface area (Å²) in [4.78, 5) is 10.0. The maximum Gasteiger partial charge on any atom is 0.151 e. The molecule has 2 aromatic rings. The number of fused-ring (bicyclic) bond motifs is 1. The Bertz CT molecular complexity index is 636. The highest BCUT2D eigenvalue weighted by atomic mass is 32.1. The second kappa shape index (κ2) is 4.90. The van der Waals surface area contributed by atoms with Crippen LogP contribution in [0.2, 0.25) is 0 Å². The van der Waals surface area contributed by atoms with Crippen LogP contribution >= 0.6 is 11.3 Å². The van der Waals surface area contributed by atoms with E-state index in [4.69, 9.17) is 0 Å². The van der Waals surface area contributed by atoms with Crippen LogP contribution in [-0.2, 0) is 6.42 Å². The summed E-state index contributed by atoms with van der Waals surface area (Å²) in [6, 6.07) is 3.33. The van der Waals surface area contributed by atoms with Crippen LogP contribution in [0.4, 0.5) is 4.39 Å². The first kappa shape index (κ1) is 13.6. The predicted octanol–water partition coefficient (Wildman–Crippen LogP) is 3.58. The first-order valence-corrected chi connectivity index (χ1v) is 7.59. The van der Waals surface area contributed by atoms with Crippen LogP contribution in [0, 0.1) is 11.2 Å². The van der Waals surface area contributed by atoms with Crippen LogP contribution in [0.3, 0.4) is 0 Å². The summed E-state index contributed by atoms with van der Waals surface area (Å²) in [5.74, 6) is -0.307. The SMILES string of the molecule is CNC1CC(C)(C)Cc2nc(-c3ncccc3F)sc21. The molecule has 1 aliphatic rings. The van der Waals surface area contributed by atoms with E-state index in [1.54, 1.807) is 23.6 Å². The summed E-state index contributed by atoms with van der Waals surface area (Å²) in [6.07, 6.45) is 3.62. The van der Waals surface area contributed by atoms with Gasteiger partial charge >= 0.3 is 0 Å². The quantitative estimate of drug-likeness (QED) is 0.919. The van der Waals surface area contributed by atoms with Gasteiger partial charge in [-0.25, -0.2) is 9.37 Å². The van der Waals surface area contributed by atoms with Gasteiger partial charge in [-0.05, 0) is 37.4 Å². The molecule has 3 nitrogen and oxygen atoms in total. The summed E-state index contributed by atoms with van der Waals surface area (Å²) in [5, 5.41) is 4.04. The van der Waals surface area contributed by atoms with Crippen molar-refractivity contribution in [2.24, 2.45) is 5.41 Å². The molecular formula is C15H18FN3S. The van der Waals surface area contributed by atoms with Gasteiger partial charge in [-0.15, -0.1) is 11.3 Å². The average Bonchev–Trinajstić information content (AvgIpc) is 2.80. The van der Waals surface area contributed by atoms with Crippen molar-refractivity contribution in [3.63, 3.8) is 0 Å². The van der Waals surface area contributed by atoms with Gasteiger partial charge in [-0.1, -0.05) is 13.8 Å². The molecule has 0 aromatic carbocycles. The lowest BCUT2D eigenvalue weighted by molar-refractivity contribution is 0.265. The lowest BCUT2D eigenvalue weighted by Gasteiger charge is -2.34. The number of hydrogen-bond acceptors (Lipinski definition) is 4. The molecule has 1 N–H and O–H groups in total. The lowest BCUT2D eigenvalue weighted by Crippen LogP contribution is -2.30. The smallest absolute Gasteiger partial charge is 0.151 e. The third-order valence-corrected chi connectivity index (χ3v) is 4.97. The number of rotatable bonds is 2. The van der Waals surface area contributed by atoms with E-state index in [1.165, 1.54) is 10.9 Å². The molecule has 1 aliphatic carbocycles. The number of aromatic nitrogens is 2. The molecule has 2 aromatic heterocycles. The Hall–Kier alpha value is -1.33. The molecule has 1 unspecified atom stereocenters. The topological polar surface area (TPSA) is 37.8 Å². The van der Waals surface area contributed by atoms with Gasteiger partial charge in [0.1, 0.15) is 10.7 Å². The zero-order valence-corrected chi connectivity index (χ0v) is 12.7. The van der Waals surface area contributed by atoms with Crippen LogP contribution in [-0.4, -0.2) is 17.0 Å². The highest BCUT2D eigenvalue weighted by Crippen LogP contribution is 2.44. The van der Waals surface area contributed by atoms with Crippen molar-refractivity contribution in [1.82, 2.24) is 15.3 Å². The number of nitrogens with one attached hydrogen (secondary N) is 1. The number of halogens is 1. The van der Waals surface area contributed by atoms with Gasteiger partial charge in [-0.2, -0.15) is 0 Å². The van der Waals surface area contributed by atoms with Crippen molar-refractivity contribution in [3.05, 3.63) is 34.7 Å². The molecule has 2 heterocycles. The Morgan fingerprint density at radius 2 is 2.25 bits per heavy atom. The molecule has 0 saturated carbocycles. The van der Waals surface area contributed by atoms with E-state index in [0.717, 1.165) is 18.5 Å². The minimum atomic E-state index is -0.307. The number of pyridine rings is 1. The van der Waals surface area contributed by atoms with E-state index in [-0.39, 0.29) is 11.2 Å². The molecule has 0 amide bonds. The van der Waals surface area contributed by atoms with E-state index >= 15 is 0 Å². The fraction of sp³-hybridized carbons (Fsp3) is 0.467. The Morgan fingerprint density at radius 1 is 1.45 bits per heavy atom. The Balaban J connectivity index is 2.07. The van der Waals surface area contributed by atoms with Gasteiger partial charge in [0, 0.05) is 17.1 Å². The van der Waals surface area contributed by atoms with Crippen LogP contribution < -0.4 is 5.32 Å². The number of thiazole rings is 1. The maximum absolute atomic E-state index is 13.9. The van der Waals surface area contributed by atoms with Crippen molar-refractivity contribution in [3.8, 4) is 10.7 Å². The molecule has 0 radical (unpaired) electrons. The monoisotopic (exact) mass is 291 g/mol. The van der Waals surface area contributed by atoms with Crippen molar-refractivity contribution in [1.29, 1.82) is 0 Å². The summed E-state index contributed by atoms with van der Waals surface area (Å²) >= 11 is 1.56. The average molecular weight is 291 g/mol. The first-order chi connectivity index (χ1) is 9.50. The Kier molecular flexibility index (Phi) is 3.34. The number of hydrogen-bond donors (Lipinski definition) is 1. The summed E-state index contributed by atoms with van der Waals surface area (Å²) in [6.45, 7) is 4.50. The standard InChI is InChI=1S/C15H18FN3S/c1-15(2)7-10(17-3)13-11(8-15)19-14(20-13)12-9(16)5-4-6-18-12/h4-6,10,17H,7-8H2,1-3H3. The van der Waals surface area contributed by atoms with Gasteiger partial charge in [0.05, 0.1) is 5.69 Å². The normalized spacial score (nSPS) is 20.7. The van der Waals surface area contributed by atoms with Gasteiger partial charge in [0.25, 0.3) is 0 Å². The van der Waals surface area contributed by atoms with E-state index in [2.05, 4.69) is 29.1 Å². The third kappa shape index (κ3) is 2.36. The summed E-state index contributed by atoms with van der Waals surface area (Å²) in [7, 11) is 1.97. The minimum Gasteiger partial charge on any atom is -0.312 e. The molecular weight excluding hydrogens is 273 g/mol. The van der Waals surface area contributed by atoms with E-state index in [0.29, 0.717) is 16.7 Å². The van der Waals surface area contributed by atoms with Crippen molar-refractivity contribution < 1.29 is 4.39 Å². The fourth-order valence-electron chi connectivity index (χ4n) is 2.81. The third-order valence-electron chi connectivity index (χ3n) is 3.76. The fourth-order valence-corrected chi connectivity index (χ4v) is 4.00. The summed E-state index contributed by atoms with van der Waals surface area (Å²) < 4.78 is 13.9. The van der Waals surface area contributed by atoms with Crippen LogP contribution in [0.5, 0.6) is 0 Å². The highest BCUT2D eigenvalue weighted by molar-refractivity contribution is 7.15. The molecule has 0 aliphatic heterocycles. The zero-order valence-electron chi connectivity index (χ0n) is 11.9. The largest absolute Gasteiger partial charge is 0.312 e. The second-order valence-electron chi connectivity index (χ2n) is 6.05. The van der Waals surface area contributed by atoms with Gasteiger partial charge in [0.2, 0.25) is 0 Å². The van der Waals surface area contributed by atoms with E-state index in [1.807, 2.05) is 7.05 Å². The molecule has 0 bridgehead atoms. The Labute approximate surface area is 122 Å². The molecule has 5 heteroatoms. The predicted molar refractivity (Wildman–Crippen MR) is 79.2 cm³/mol. The van der Waals surface area contributed by atoms with Crippen molar-refractivity contribution >= 4 is 11.3 Å². The van der Waals surface area contributed by atoms with E-state index in [9.17, 15) is 4.39 Å². The minimum absolute atomic E-state index is 0.217. The van der Waals surface area contributed by atoms with Gasteiger partial charge < -0.3 is 5.32 Å².